The van der Waals surface area contributed by atoms with Crippen molar-refractivity contribution in [1.82, 2.24) is 0 Å². The molecule has 1 aromatic rings. The standard InChI is InChI=1S/C12H17NO3/c1-8-6-4-5-7-10(8)11(9(2)15-3)16-12(13)14/h4-7,9,11H,1-3H3,(H2,13,14). The lowest BCUT2D eigenvalue weighted by Crippen LogP contribution is -2.26. The number of hydrogen-bond acceptors (Lipinski definition) is 3. The second-order valence-electron chi connectivity index (χ2n) is 3.65. The number of primary amides is 1. The Kier molecular flexibility index (Phi) is 4.31. The predicted molar refractivity (Wildman–Crippen MR) is 61.1 cm³/mol. The first kappa shape index (κ1) is 12.5. The summed E-state index contributed by atoms with van der Waals surface area (Å²) in [5.41, 5.74) is 7.01. The molecule has 1 rings (SSSR count). The number of ether oxygens (including phenoxy) is 2. The van der Waals surface area contributed by atoms with E-state index in [-0.39, 0.29) is 6.10 Å². The van der Waals surface area contributed by atoms with E-state index in [1.54, 1.807) is 7.11 Å². The van der Waals surface area contributed by atoms with Crippen molar-refractivity contribution in [3.63, 3.8) is 0 Å². The Balaban J connectivity index is 3.01. The van der Waals surface area contributed by atoms with Gasteiger partial charge < -0.3 is 15.2 Å². The Bertz CT molecular complexity index is 365. The summed E-state index contributed by atoms with van der Waals surface area (Å²) >= 11 is 0. The van der Waals surface area contributed by atoms with Crippen LogP contribution in [0, 0.1) is 6.92 Å². The van der Waals surface area contributed by atoms with Gasteiger partial charge in [0.2, 0.25) is 0 Å². The maximum Gasteiger partial charge on any atom is 0.405 e. The molecular weight excluding hydrogens is 206 g/mol. The van der Waals surface area contributed by atoms with Crippen LogP contribution >= 0.6 is 0 Å². The average molecular weight is 223 g/mol. The molecule has 2 atom stereocenters. The van der Waals surface area contributed by atoms with E-state index < -0.39 is 12.2 Å². The van der Waals surface area contributed by atoms with Crippen LogP contribution in [0.5, 0.6) is 0 Å². The summed E-state index contributed by atoms with van der Waals surface area (Å²) < 4.78 is 10.3. The lowest BCUT2D eigenvalue weighted by atomic mass is 10.00. The van der Waals surface area contributed by atoms with E-state index >= 15 is 0 Å². The molecule has 2 N–H and O–H groups in total. The zero-order valence-electron chi connectivity index (χ0n) is 9.77. The Morgan fingerprint density at radius 1 is 1.38 bits per heavy atom. The minimum atomic E-state index is -0.794. The Morgan fingerprint density at radius 2 is 2.00 bits per heavy atom. The van der Waals surface area contributed by atoms with Gasteiger partial charge in [-0.15, -0.1) is 0 Å². The van der Waals surface area contributed by atoms with Crippen LogP contribution < -0.4 is 5.73 Å². The fourth-order valence-electron chi connectivity index (χ4n) is 1.57. The van der Waals surface area contributed by atoms with Crippen molar-refractivity contribution in [1.29, 1.82) is 0 Å². The molecule has 0 saturated carbocycles. The van der Waals surface area contributed by atoms with Crippen LogP contribution in [-0.2, 0) is 9.47 Å². The molecule has 2 unspecified atom stereocenters. The fourth-order valence-corrected chi connectivity index (χ4v) is 1.57. The molecule has 0 bridgehead atoms. The molecule has 4 nitrogen and oxygen atoms in total. The summed E-state index contributed by atoms with van der Waals surface area (Å²) in [5.74, 6) is 0. The van der Waals surface area contributed by atoms with E-state index in [1.807, 2.05) is 38.1 Å². The molecule has 0 radical (unpaired) electrons. The number of methoxy groups -OCH3 is 1. The highest BCUT2D eigenvalue weighted by atomic mass is 16.6. The van der Waals surface area contributed by atoms with E-state index in [2.05, 4.69) is 0 Å². The Hall–Kier alpha value is -1.55. The maximum atomic E-state index is 10.9. The summed E-state index contributed by atoms with van der Waals surface area (Å²) in [4.78, 5) is 10.9. The van der Waals surface area contributed by atoms with Gasteiger partial charge in [-0.2, -0.15) is 0 Å². The SMILES string of the molecule is COC(C)C(OC(N)=O)c1ccccc1C. The van der Waals surface area contributed by atoms with Crippen molar-refractivity contribution < 1.29 is 14.3 Å². The van der Waals surface area contributed by atoms with Crippen LogP contribution in [0.25, 0.3) is 0 Å². The van der Waals surface area contributed by atoms with Crippen molar-refractivity contribution >= 4 is 6.09 Å². The van der Waals surface area contributed by atoms with Gasteiger partial charge in [-0.05, 0) is 25.0 Å². The number of amides is 1. The van der Waals surface area contributed by atoms with Crippen LogP contribution in [0.15, 0.2) is 24.3 Å². The minimum absolute atomic E-state index is 0.242. The van der Waals surface area contributed by atoms with Gasteiger partial charge in [0.05, 0.1) is 6.10 Å². The quantitative estimate of drug-likeness (QED) is 0.850. The number of carbonyl (C=O) groups excluding carboxylic acids is 1. The fraction of sp³-hybridized carbons (Fsp3) is 0.417. The van der Waals surface area contributed by atoms with Gasteiger partial charge in [0.15, 0.2) is 6.10 Å². The van der Waals surface area contributed by atoms with E-state index in [1.165, 1.54) is 0 Å². The average Bonchev–Trinajstić information content (AvgIpc) is 2.26. The van der Waals surface area contributed by atoms with Crippen molar-refractivity contribution in [3.8, 4) is 0 Å². The molecule has 0 spiro atoms. The largest absolute Gasteiger partial charge is 0.439 e. The molecule has 0 aliphatic heterocycles. The van der Waals surface area contributed by atoms with Crippen LogP contribution in [0.3, 0.4) is 0 Å². The van der Waals surface area contributed by atoms with Crippen LogP contribution in [0.2, 0.25) is 0 Å². The van der Waals surface area contributed by atoms with Crippen LogP contribution in [-0.4, -0.2) is 19.3 Å². The maximum absolute atomic E-state index is 10.9. The third kappa shape index (κ3) is 2.97. The summed E-state index contributed by atoms with van der Waals surface area (Å²) in [6.45, 7) is 3.79. The highest BCUT2D eigenvalue weighted by Crippen LogP contribution is 2.25. The van der Waals surface area contributed by atoms with Gasteiger partial charge in [0.1, 0.15) is 0 Å². The molecular formula is C12H17NO3. The minimum Gasteiger partial charge on any atom is -0.439 e. The number of benzene rings is 1. The van der Waals surface area contributed by atoms with Gasteiger partial charge in [-0.3, -0.25) is 0 Å². The van der Waals surface area contributed by atoms with Crippen molar-refractivity contribution in [2.75, 3.05) is 7.11 Å². The number of hydrogen-bond donors (Lipinski definition) is 1. The van der Waals surface area contributed by atoms with Gasteiger partial charge in [0.25, 0.3) is 0 Å². The molecule has 4 heteroatoms. The topological polar surface area (TPSA) is 61.6 Å². The van der Waals surface area contributed by atoms with E-state index in [0.717, 1.165) is 11.1 Å². The Labute approximate surface area is 95.3 Å². The lowest BCUT2D eigenvalue weighted by molar-refractivity contribution is -0.0112. The molecule has 0 aromatic heterocycles. The van der Waals surface area contributed by atoms with Gasteiger partial charge >= 0.3 is 6.09 Å². The summed E-state index contributed by atoms with van der Waals surface area (Å²) in [6, 6.07) is 7.67. The summed E-state index contributed by atoms with van der Waals surface area (Å²) in [7, 11) is 1.57. The third-order valence-electron chi connectivity index (χ3n) is 2.54. The van der Waals surface area contributed by atoms with E-state index in [9.17, 15) is 4.79 Å². The first-order chi connectivity index (χ1) is 7.56. The summed E-state index contributed by atoms with van der Waals surface area (Å²) in [6.07, 6.45) is -1.51. The van der Waals surface area contributed by atoms with Gasteiger partial charge in [-0.25, -0.2) is 4.79 Å². The number of nitrogens with two attached hydrogens (primary N) is 1. The normalized spacial score (nSPS) is 14.2. The molecule has 0 saturated heterocycles. The molecule has 0 fully saturated rings. The lowest BCUT2D eigenvalue weighted by Gasteiger charge is -2.23. The molecule has 0 aliphatic rings. The second-order valence-corrected chi connectivity index (χ2v) is 3.65. The first-order valence-corrected chi connectivity index (χ1v) is 5.10. The zero-order chi connectivity index (χ0) is 12.1. The molecule has 1 aromatic carbocycles. The smallest absolute Gasteiger partial charge is 0.405 e. The molecule has 0 aliphatic carbocycles. The van der Waals surface area contributed by atoms with E-state index in [4.69, 9.17) is 15.2 Å². The first-order valence-electron chi connectivity index (χ1n) is 5.10. The predicted octanol–water partition coefficient (Wildman–Crippen LogP) is 2.17. The molecule has 88 valence electrons. The number of carbonyl (C=O) groups is 1. The molecule has 0 heterocycles. The zero-order valence-corrected chi connectivity index (χ0v) is 9.77. The van der Waals surface area contributed by atoms with Crippen molar-refractivity contribution in [3.05, 3.63) is 35.4 Å². The van der Waals surface area contributed by atoms with Crippen LogP contribution in [0.4, 0.5) is 4.79 Å². The van der Waals surface area contributed by atoms with Crippen molar-refractivity contribution in [2.45, 2.75) is 26.1 Å². The van der Waals surface area contributed by atoms with Gasteiger partial charge in [-0.1, -0.05) is 24.3 Å². The molecule has 16 heavy (non-hydrogen) atoms. The molecule has 1 amide bonds. The van der Waals surface area contributed by atoms with Crippen LogP contribution in [0.1, 0.15) is 24.2 Å². The monoisotopic (exact) mass is 223 g/mol. The Morgan fingerprint density at radius 3 is 2.50 bits per heavy atom. The van der Waals surface area contributed by atoms with Crippen molar-refractivity contribution in [2.24, 2.45) is 5.73 Å². The summed E-state index contributed by atoms with van der Waals surface area (Å²) in [5, 5.41) is 0. The third-order valence-corrected chi connectivity index (χ3v) is 2.54. The number of aryl methyl sites for hydroxylation is 1. The highest BCUT2D eigenvalue weighted by molar-refractivity contribution is 5.65. The van der Waals surface area contributed by atoms with Gasteiger partial charge in [0, 0.05) is 7.11 Å². The highest BCUT2D eigenvalue weighted by Gasteiger charge is 2.23. The second kappa shape index (κ2) is 5.51. The van der Waals surface area contributed by atoms with E-state index in [0.29, 0.717) is 0 Å². The number of rotatable bonds is 4.